The normalized spacial score (nSPS) is 24.1. The van der Waals surface area contributed by atoms with Crippen molar-refractivity contribution in [3.63, 3.8) is 0 Å². The summed E-state index contributed by atoms with van der Waals surface area (Å²) in [4.78, 5) is 14.7. The first-order valence-corrected chi connectivity index (χ1v) is 6.99. The van der Waals surface area contributed by atoms with Crippen molar-refractivity contribution in [3.05, 3.63) is 12.4 Å². The Balaban J connectivity index is 1.92. The summed E-state index contributed by atoms with van der Waals surface area (Å²) in [5, 5.41) is 9.49. The van der Waals surface area contributed by atoms with Gasteiger partial charge in [0, 0.05) is 18.9 Å². The lowest BCUT2D eigenvalue weighted by Gasteiger charge is -2.12. The van der Waals surface area contributed by atoms with Crippen molar-refractivity contribution in [1.29, 1.82) is 0 Å². The lowest BCUT2D eigenvalue weighted by Crippen LogP contribution is -2.09. The monoisotopic (exact) mass is 254 g/mol. The van der Waals surface area contributed by atoms with Gasteiger partial charge in [-0.15, -0.1) is 0 Å². The van der Waals surface area contributed by atoms with Crippen molar-refractivity contribution in [2.75, 3.05) is 5.75 Å². The number of aromatic nitrogens is 2. The summed E-state index contributed by atoms with van der Waals surface area (Å²) < 4.78 is 2.09. The summed E-state index contributed by atoms with van der Waals surface area (Å²) in [6.45, 7) is 3.28. The van der Waals surface area contributed by atoms with Gasteiger partial charge in [0.2, 0.25) is 0 Å². The number of carbonyl (C=O) groups is 1. The topological polar surface area (TPSA) is 55.1 Å². The van der Waals surface area contributed by atoms with E-state index in [4.69, 9.17) is 5.11 Å². The van der Waals surface area contributed by atoms with E-state index in [-0.39, 0.29) is 5.75 Å². The van der Waals surface area contributed by atoms with Crippen molar-refractivity contribution >= 4 is 17.7 Å². The molecule has 0 aromatic carbocycles. The van der Waals surface area contributed by atoms with E-state index in [0.29, 0.717) is 0 Å². The summed E-state index contributed by atoms with van der Waals surface area (Å²) in [5.41, 5.74) is 0. The molecule has 1 aliphatic carbocycles. The number of carboxylic acids is 1. The molecule has 17 heavy (non-hydrogen) atoms. The smallest absolute Gasteiger partial charge is 0.313 e. The highest BCUT2D eigenvalue weighted by Crippen LogP contribution is 2.32. The van der Waals surface area contributed by atoms with Gasteiger partial charge in [0.15, 0.2) is 5.16 Å². The molecule has 1 aromatic heterocycles. The summed E-state index contributed by atoms with van der Waals surface area (Å²) in [6.07, 6.45) is 7.58. The Morgan fingerprint density at radius 2 is 2.47 bits per heavy atom. The van der Waals surface area contributed by atoms with Crippen LogP contribution in [0.4, 0.5) is 0 Å². The summed E-state index contributed by atoms with van der Waals surface area (Å²) in [5.74, 6) is 0.846. The molecule has 1 aromatic rings. The predicted octanol–water partition coefficient (Wildman–Crippen LogP) is 2.50. The summed E-state index contributed by atoms with van der Waals surface area (Å²) in [6, 6.07) is 0. The quantitative estimate of drug-likeness (QED) is 0.820. The number of hydrogen-bond donors (Lipinski definition) is 1. The van der Waals surface area contributed by atoms with Crippen LogP contribution in [0.15, 0.2) is 17.6 Å². The van der Waals surface area contributed by atoms with E-state index in [2.05, 4.69) is 16.5 Å². The van der Waals surface area contributed by atoms with Gasteiger partial charge < -0.3 is 9.67 Å². The van der Waals surface area contributed by atoms with Crippen molar-refractivity contribution in [3.8, 4) is 0 Å². The molecule has 94 valence electrons. The molecule has 5 heteroatoms. The minimum Gasteiger partial charge on any atom is -0.481 e. The fourth-order valence-electron chi connectivity index (χ4n) is 2.47. The lowest BCUT2D eigenvalue weighted by atomic mass is 10.1. The third kappa shape index (κ3) is 3.49. The Labute approximate surface area is 105 Å². The third-order valence-electron chi connectivity index (χ3n) is 3.26. The van der Waals surface area contributed by atoms with Gasteiger partial charge >= 0.3 is 5.97 Å². The van der Waals surface area contributed by atoms with Crippen LogP contribution < -0.4 is 0 Å². The van der Waals surface area contributed by atoms with E-state index in [1.54, 1.807) is 6.20 Å². The van der Waals surface area contributed by atoms with Crippen molar-refractivity contribution < 1.29 is 9.90 Å². The lowest BCUT2D eigenvalue weighted by molar-refractivity contribution is -0.133. The number of thioether (sulfide) groups is 1. The second-order valence-corrected chi connectivity index (χ2v) is 5.77. The molecule has 2 unspecified atom stereocenters. The van der Waals surface area contributed by atoms with E-state index in [9.17, 15) is 4.79 Å². The molecule has 0 aliphatic heterocycles. The molecule has 0 saturated heterocycles. The van der Waals surface area contributed by atoms with Gasteiger partial charge in [-0.2, -0.15) is 0 Å². The second-order valence-electron chi connectivity index (χ2n) is 4.83. The molecule has 2 rings (SSSR count). The van der Waals surface area contributed by atoms with Gasteiger partial charge in [-0.05, 0) is 24.7 Å². The molecule has 1 N–H and O–H groups in total. The molecule has 1 fully saturated rings. The first-order chi connectivity index (χ1) is 8.15. The molecule has 1 saturated carbocycles. The summed E-state index contributed by atoms with van der Waals surface area (Å²) in [7, 11) is 0. The molecule has 2 atom stereocenters. The number of imidazole rings is 1. The number of hydrogen-bond acceptors (Lipinski definition) is 3. The minimum absolute atomic E-state index is 0.0814. The molecule has 0 radical (unpaired) electrons. The van der Waals surface area contributed by atoms with Crippen LogP contribution in [0.3, 0.4) is 0 Å². The maximum absolute atomic E-state index is 10.5. The van der Waals surface area contributed by atoms with Crippen LogP contribution in [0.5, 0.6) is 0 Å². The van der Waals surface area contributed by atoms with Crippen LogP contribution in [0.25, 0.3) is 0 Å². The molecule has 0 amide bonds. The van der Waals surface area contributed by atoms with Gasteiger partial charge in [-0.1, -0.05) is 25.1 Å². The number of aliphatic carboxylic acids is 1. The van der Waals surface area contributed by atoms with Crippen LogP contribution in [0.1, 0.15) is 26.2 Å². The highest BCUT2D eigenvalue weighted by molar-refractivity contribution is 7.99. The number of rotatable bonds is 5. The molecule has 1 aliphatic rings. The average Bonchev–Trinajstić information content (AvgIpc) is 2.86. The van der Waals surface area contributed by atoms with Crippen LogP contribution in [0.2, 0.25) is 0 Å². The van der Waals surface area contributed by atoms with Gasteiger partial charge in [-0.25, -0.2) is 4.98 Å². The number of nitrogens with zero attached hydrogens (tertiary/aromatic N) is 2. The highest BCUT2D eigenvalue weighted by atomic mass is 32.2. The molecular formula is C12H18N2O2S. The number of carboxylic acid groups (broad SMARTS) is 1. The third-order valence-corrected chi connectivity index (χ3v) is 4.25. The average molecular weight is 254 g/mol. The van der Waals surface area contributed by atoms with Gasteiger partial charge in [0.05, 0.1) is 5.75 Å². The largest absolute Gasteiger partial charge is 0.481 e. The molecule has 0 spiro atoms. The minimum atomic E-state index is -0.793. The molecule has 1 heterocycles. The maximum Gasteiger partial charge on any atom is 0.313 e. The van der Waals surface area contributed by atoms with Gasteiger partial charge in [-0.3, -0.25) is 4.79 Å². The molecule has 4 nitrogen and oxygen atoms in total. The first-order valence-electron chi connectivity index (χ1n) is 6.01. The van der Waals surface area contributed by atoms with Crippen LogP contribution in [0, 0.1) is 11.8 Å². The Morgan fingerprint density at radius 1 is 1.65 bits per heavy atom. The SMILES string of the molecule is CC1CCC(Cn2ccnc2SCC(=O)O)C1. The van der Waals surface area contributed by atoms with E-state index < -0.39 is 5.97 Å². The van der Waals surface area contributed by atoms with Crippen LogP contribution in [-0.4, -0.2) is 26.4 Å². The highest BCUT2D eigenvalue weighted by Gasteiger charge is 2.22. The molecular weight excluding hydrogens is 236 g/mol. The second kappa shape index (κ2) is 5.58. The van der Waals surface area contributed by atoms with E-state index >= 15 is 0 Å². The maximum atomic E-state index is 10.5. The standard InChI is InChI=1S/C12H18N2O2S/c1-9-2-3-10(6-9)7-14-5-4-13-12(14)17-8-11(15)16/h4-5,9-10H,2-3,6-8H2,1H3,(H,15,16). The van der Waals surface area contributed by atoms with Crippen molar-refractivity contribution in [2.45, 2.75) is 37.9 Å². The first kappa shape index (κ1) is 12.5. The fourth-order valence-corrected chi connectivity index (χ4v) is 3.16. The van der Waals surface area contributed by atoms with Crippen LogP contribution >= 0.6 is 11.8 Å². The van der Waals surface area contributed by atoms with Gasteiger partial charge in [0.1, 0.15) is 0 Å². The Morgan fingerprint density at radius 3 is 3.12 bits per heavy atom. The summed E-state index contributed by atoms with van der Waals surface area (Å²) >= 11 is 1.30. The van der Waals surface area contributed by atoms with E-state index in [1.165, 1.54) is 31.0 Å². The van der Waals surface area contributed by atoms with E-state index in [0.717, 1.165) is 23.5 Å². The Kier molecular flexibility index (Phi) is 4.10. The van der Waals surface area contributed by atoms with Gasteiger partial charge in [0.25, 0.3) is 0 Å². The zero-order chi connectivity index (χ0) is 12.3. The van der Waals surface area contributed by atoms with Crippen molar-refractivity contribution in [1.82, 2.24) is 9.55 Å². The zero-order valence-electron chi connectivity index (χ0n) is 10.0. The van der Waals surface area contributed by atoms with Crippen molar-refractivity contribution in [2.24, 2.45) is 11.8 Å². The Hall–Kier alpha value is -0.970. The zero-order valence-corrected chi connectivity index (χ0v) is 10.8. The van der Waals surface area contributed by atoms with Crippen LogP contribution in [-0.2, 0) is 11.3 Å². The predicted molar refractivity (Wildman–Crippen MR) is 67.1 cm³/mol. The fraction of sp³-hybridized carbons (Fsp3) is 0.667. The van der Waals surface area contributed by atoms with E-state index in [1.807, 2.05) is 6.20 Å². The molecule has 0 bridgehead atoms. The Bertz CT molecular complexity index is 392.